The molecule has 0 spiro atoms. The van der Waals surface area contributed by atoms with Crippen LogP contribution in [0, 0.1) is 0 Å². The smallest absolute Gasteiger partial charge is 0.262 e. The van der Waals surface area contributed by atoms with Crippen LogP contribution in [-0.2, 0) is 10.5 Å². The Morgan fingerprint density at radius 2 is 1.67 bits per heavy atom. The minimum Gasteiger partial charge on any atom is -0.394 e. The van der Waals surface area contributed by atoms with Crippen LogP contribution in [0.4, 0.5) is 0 Å². The fourth-order valence-electron chi connectivity index (χ4n) is 3.63. The van der Waals surface area contributed by atoms with E-state index >= 15 is 0 Å². The molecule has 27 heavy (non-hydrogen) atoms. The molecule has 1 aromatic carbocycles. The SMILES string of the molecule is O=C1c2ccccc2C(=O)N1[C@@H]1[C@@H](O)[C@H](O)[C@@H](CO)O[C@]1(O)c1cccs1. The number of imide groups is 1. The fourth-order valence-corrected chi connectivity index (χ4v) is 4.43. The van der Waals surface area contributed by atoms with E-state index in [0.717, 1.165) is 16.2 Å². The summed E-state index contributed by atoms with van der Waals surface area (Å²) in [5.74, 6) is -3.69. The molecule has 0 radical (unpaired) electrons. The Morgan fingerprint density at radius 1 is 1.04 bits per heavy atom. The van der Waals surface area contributed by atoms with E-state index in [4.69, 9.17) is 4.74 Å². The summed E-state index contributed by atoms with van der Waals surface area (Å²) in [5, 5.41) is 43.4. The van der Waals surface area contributed by atoms with Gasteiger partial charge in [0.2, 0.25) is 5.79 Å². The van der Waals surface area contributed by atoms with E-state index in [1.165, 1.54) is 18.2 Å². The largest absolute Gasteiger partial charge is 0.394 e. The molecule has 0 bridgehead atoms. The predicted octanol–water partition coefficient (Wildman–Crippen LogP) is -0.329. The molecule has 2 amide bonds. The lowest BCUT2D eigenvalue weighted by atomic mass is 9.88. The van der Waals surface area contributed by atoms with Crippen molar-refractivity contribution in [2.75, 3.05) is 6.61 Å². The number of aliphatic hydroxyl groups excluding tert-OH is 3. The van der Waals surface area contributed by atoms with Gasteiger partial charge in [0, 0.05) is 0 Å². The van der Waals surface area contributed by atoms with Gasteiger partial charge in [0.15, 0.2) is 0 Å². The van der Waals surface area contributed by atoms with Gasteiger partial charge in [0.25, 0.3) is 11.8 Å². The van der Waals surface area contributed by atoms with E-state index < -0.39 is 48.6 Å². The third-order valence-corrected chi connectivity index (χ3v) is 5.92. The third kappa shape index (κ3) is 2.55. The number of fused-ring (bicyclic) bond motifs is 1. The monoisotopic (exact) mass is 391 g/mol. The number of nitrogens with zero attached hydrogens (tertiary/aromatic N) is 1. The van der Waals surface area contributed by atoms with E-state index in [1.807, 2.05) is 0 Å². The molecule has 4 N–H and O–H groups in total. The van der Waals surface area contributed by atoms with Crippen LogP contribution >= 0.6 is 11.3 Å². The molecule has 0 saturated carbocycles. The lowest BCUT2D eigenvalue weighted by Crippen LogP contribution is -2.69. The number of aliphatic hydroxyl groups is 4. The number of rotatable bonds is 3. The first kappa shape index (κ1) is 18.2. The Bertz CT molecular complexity index is 851. The second-order valence-electron chi connectivity index (χ2n) is 6.46. The van der Waals surface area contributed by atoms with Gasteiger partial charge >= 0.3 is 0 Å². The molecule has 8 nitrogen and oxygen atoms in total. The molecule has 1 saturated heterocycles. The van der Waals surface area contributed by atoms with Crippen LogP contribution in [0.5, 0.6) is 0 Å². The topological polar surface area (TPSA) is 128 Å². The quantitative estimate of drug-likeness (QED) is 0.528. The van der Waals surface area contributed by atoms with Crippen molar-refractivity contribution in [3.05, 3.63) is 57.8 Å². The first-order valence-electron chi connectivity index (χ1n) is 8.28. The molecule has 1 fully saturated rings. The molecule has 0 aliphatic carbocycles. The summed E-state index contributed by atoms with van der Waals surface area (Å²) >= 11 is 1.09. The molecular formula is C18H17NO7S. The maximum absolute atomic E-state index is 12.9. The fraction of sp³-hybridized carbons (Fsp3) is 0.333. The normalized spacial score (nSPS) is 33.4. The molecule has 3 heterocycles. The molecule has 9 heteroatoms. The van der Waals surface area contributed by atoms with Gasteiger partial charge in [0.05, 0.1) is 22.6 Å². The molecule has 2 aliphatic heterocycles. The standard InChI is InChI=1S/C18H17NO7S/c20-8-11-13(21)14(22)15(18(25,26-11)12-6-3-7-27-12)19-16(23)9-4-1-2-5-10(9)17(19)24/h1-7,11,13-15,20-22,25H,8H2/t11-,13-,14+,15-,18-/m1/s1. The van der Waals surface area contributed by atoms with Crippen LogP contribution in [0.15, 0.2) is 41.8 Å². The molecule has 2 aromatic rings. The van der Waals surface area contributed by atoms with Crippen molar-refractivity contribution in [3.8, 4) is 0 Å². The number of amides is 2. The summed E-state index contributed by atoms with van der Waals surface area (Å²) < 4.78 is 5.53. The second-order valence-corrected chi connectivity index (χ2v) is 7.41. The van der Waals surface area contributed by atoms with Crippen LogP contribution in [0.2, 0.25) is 0 Å². The summed E-state index contributed by atoms with van der Waals surface area (Å²) in [6, 6.07) is 7.71. The highest BCUT2D eigenvalue weighted by Gasteiger charge is 2.60. The summed E-state index contributed by atoms with van der Waals surface area (Å²) in [5.41, 5.74) is 0.281. The molecule has 4 rings (SSSR count). The van der Waals surface area contributed by atoms with Crippen molar-refractivity contribution < 1.29 is 34.8 Å². The van der Waals surface area contributed by atoms with E-state index in [0.29, 0.717) is 0 Å². The maximum atomic E-state index is 12.9. The van der Waals surface area contributed by atoms with Gasteiger partial charge in [0.1, 0.15) is 24.4 Å². The van der Waals surface area contributed by atoms with Crippen molar-refractivity contribution in [1.29, 1.82) is 0 Å². The van der Waals surface area contributed by atoms with Crippen LogP contribution < -0.4 is 0 Å². The summed E-state index contributed by atoms with van der Waals surface area (Å²) in [4.78, 5) is 26.7. The highest BCUT2D eigenvalue weighted by molar-refractivity contribution is 7.10. The molecule has 1 aromatic heterocycles. The van der Waals surface area contributed by atoms with Gasteiger partial charge in [-0.05, 0) is 23.6 Å². The molecule has 2 aliphatic rings. The lowest BCUT2D eigenvalue weighted by Gasteiger charge is -2.49. The average molecular weight is 391 g/mol. The zero-order valence-corrected chi connectivity index (χ0v) is 14.7. The van der Waals surface area contributed by atoms with Crippen molar-refractivity contribution in [3.63, 3.8) is 0 Å². The molecular weight excluding hydrogens is 374 g/mol. The lowest BCUT2D eigenvalue weighted by molar-refractivity contribution is -0.334. The van der Waals surface area contributed by atoms with E-state index in [9.17, 15) is 30.0 Å². The van der Waals surface area contributed by atoms with Crippen molar-refractivity contribution >= 4 is 23.2 Å². The Hall–Kier alpha value is -2.14. The third-order valence-electron chi connectivity index (χ3n) is 4.94. The highest BCUT2D eigenvalue weighted by Crippen LogP contribution is 2.43. The van der Waals surface area contributed by atoms with Gasteiger partial charge in [-0.2, -0.15) is 0 Å². The van der Waals surface area contributed by atoms with Gasteiger partial charge in [-0.1, -0.05) is 18.2 Å². The van der Waals surface area contributed by atoms with Crippen LogP contribution in [0.1, 0.15) is 25.6 Å². The van der Waals surface area contributed by atoms with Gasteiger partial charge < -0.3 is 25.2 Å². The maximum Gasteiger partial charge on any atom is 0.262 e. The zero-order valence-electron chi connectivity index (χ0n) is 13.9. The number of hydrogen-bond acceptors (Lipinski definition) is 8. The number of hydrogen-bond donors (Lipinski definition) is 4. The first-order chi connectivity index (χ1) is 12.9. The second kappa shape index (κ2) is 6.48. The van der Waals surface area contributed by atoms with Gasteiger partial charge in [-0.15, -0.1) is 11.3 Å². The van der Waals surface area contributed by atoms with E-state index in [-0.39, 0.29) is 16.0 Å². The number of thiophene rings is 1. The minimum absolute atomic E-state index is 0.141. The first-order valence-corrected chi connectivity index (χ1v) is 9.16. The number of carbonyl (C=O) groups is 2. The Morgan fingerprint density at radius 3 is 2.19 bits per heavy atom. The Kier molecular flexibility index (Phi) is 4.38. The van der Waals surface area contributed by atoms with Crippen LogP contribution in [0.3, 0.4) is 0 Å². The van der Waals surface area contributed by atoms with Crippen LogP contribution in [0.25, 0.3) is 0 Å². The molecule has 5 atom stereocenters. The summed E-state index contributed by atoms with van der Waals surface area (Å²) in [6.07, 6.45) is -4.63. The molecule has 0 unspecified atom stereocenters. The van der Waals surface area contributed by atoms with E-state index in [2.05, 4.69) is 0 Å². The Labute approximate surface area is 157 Å². The highest BCUT2D eigenvalue weighted by atomic mass is 32.1. The Balaban J connectivity index is 1.84. The number of benzene rings is 1. The summed E-state index contributed by atoms with van der Waals surface area (Å²) in [7, 11) is 0. The summed E-state index contributed by atoms with van der Waals surface area (Å²) in [6.45, 7) is -0.666. The zero-order chi connectivity index (χ0) is 19.3. The minimum atomic E-state index is -2.28. The molecule has 142 valence electrons. The number of carbonyl (C=O) groups excluding carboxylic acids is 2. The number of ether oxygens (including phenoxy) is 1. The average Bonchev–Trinajstić information content (AvgIpc) is 3.29. The van der Waals surface area contributed by atoms with Crippen LogP contribution in [-0.4, -0.2) is 68.1 Å². The van der Waals surface area contributed by atoms with Gasteiger partial charge in [-0.25, -0.2) is 0 Å². The predicted molar refractivity (Wildman–Crippen MR) is 92.9 cm³/mol. The van der Waals surface area contributed by atoms with Crippen molar-refractivity contribution in [2.24, 2.45) is 0 Å². The van der Waals surface area contributed by atoms with E-state index in [1.54, 1.807) is 23.6 Å². The van der Waals surface area contributed by atoms with Gasteiger partial charge in [-0.3, -0.25) is 14.5 Å². The van der Waals surface area contributed by atoms with Crippen molar-refractivity contribution in [2.45, 2.75) is 30.1 Å². The van der Waals surface area contributed by atoms with Crippen molar-refractivity contribution in [1.82, 2.24) is 4.90 Å².